The van der Waals surface area contributed by atoms with E-state index in [2.05, 4.69) is 70.3 Å². The predicted octanol–water partition coefficient (Wildman–Crippen LogP) is 5.64. The summed E-state index contributed by atoms with van der Waals surface area (Å²) in [6.45, 7) is 14.7. The third kappa shape index (κ3) is 5.59. The van der Waals surface area contributed by atoms with E-state index in [0.29, 0.717) is 6.42 Å². The van der Waals surface area contributed by atoms with Gasteiger partial charge in [0, 0.05) is 0 Å². The van der Waals surface area contributed by atoms with Gasteiger partial charge < -0.3 is 10.1 Å². The van der Waals surface area contributed by atoms with Crippen molar-refractivity contribution in [3.8, 4) is 5.75 Å². The molecule has 0 radical (unpaired) electrons. The SMILES string of the molecule is CCC(Oc1ccc(C(C)(C)C)cc1)C(=O)NC(C)c1ccc(C)cc1C. The Kier molecular flexibility index (Phi) is 6.69. The van der Waals surface area contributed by atoms with E-state index in [4.69, 9.17) is 4.74 Å². The molecule has 0 bridgehead atoms. The van der Waals surface area contributed by atoms with Crippen LogP contribution in [-0.4, -0.2) is 12.0 Å². The zero-order valence-electron chi connectivity index (χ0n) is 17.7. The van der Waals surface area contributed by atoms with Crippen molar-refractivity contribution in [1.29, 1.82) is 0 Å². The highest BCUT2D eigenvalue weighted by atomic mass is 16.5. The van der Waals surface area contributed by atoms with Crippen LogP contribution < -0.4 is 10.1 Å². The molecule has 146 valence electrons. The number of ether oxygens (including phenoxy) is 1. The fraction of sp³-hybridized carbons (Fsp3) is 0.458. The second kappa shape index (κ2) is 8.60. The fourth-order valence-electron chi connectivity index (χ4n) is 3.22. The monoisotopic (exact) mass is 367 g/mol. The molecular weight excluding hydrogens is 334 g/mol. The van der Waals surface area contributed by atoms with Gasteiger partial charge in [-0.3, -0.25) is 4.79 Å². The summed E-state index contributed by atoms with van der Waals surface area (Å²) in [5.41, 5.74) is 4.90. The molecule has 0 saturated carbocycles. The van der Waals surface area contributed by atoms with Gasteiger partial charge in [-0.1, -0.05) is 63.6 Å². The molecule has 0 spiro atoms. The highest BCUT2D eigenvalue weighted by molar-refractivity contribution is 5.81. The smallest absolute Gasteiger partial charge is 0.261 e. The first-order chi connectivity index (χ1) is 12.6. The Morgan fingerprint density at radius 1 is 1.07 bits per heavy atom. The zero-order valence-corrected chi connectivity index (χ0v) is 17.7. The molecule has 2 rings (SSSR count). The lowest BCUT2D eigenvalue weighted by atomic mass is 9.87. The molecule has 0 heterocycles. The third-order valence-electron chi connectivity index (χ3n) is 4.91. The molecule has 0 aliphatic rings. The van der Waals surface area contributed by atoms with Gasteiger partial charge in [0.05, 0.1) is 6.04 Å². The first-order valence-electron chi connectivity index (χ1n) is 9.76. The summed E-state index contributed by atoms with van der Waals surface area (Å²) in [4.78, 5) is 12.7. The van der Waals surface area contributed by atoms with Gasteiger partial charge in [-0.2, -0.15) is 0 Å². The van der Waals surface area contributed by atoms with E-state index in [1.54, 1.807) is 0 Å². The van der Waals surface area contributed by atoms with Crippen LogP contribution in [0.2, 0.25) is 0 Å². The first kappa shape index (κ1) is 21.0. The minimum Gasteiger partial charge on any atom is -0.481 e. The molecule has 0 fully saturated rings. The van der Waals surface area contributed by atoms with Gasteiger partial charge in [-0.05, 0) is 61.4 Å². The van der Waals surface area contributed by atoms with Gasteiger partial charge in [-0.15, -0.1) is 0 Å². The summed E-state index contributed by atoms with van der Waals surface area (Å²) in [7, 11) is 0. The van der Waals surface area contributed by atoms with Crippen molar-refractivity contribution in [3.05, 3.63) is 64.7 Å². The fourth-order valence-corrected chi connectivity index (χ4v) is 3.22. The van der Waals surface area contributed by atoms with Crippen molar-refractivity contribution in [1.82, 2.24) is 5.32 Å². The number of benzene rings is 2. The van der Waals surface area contributed by atoms with E-state index >= 15 is 0 Å². The van der Waals surface area contributed by atoms with Crippen molar-refractivity contribution in [2.24, 2.45) is 0 Å². The van der Waals surface area contributed by atoms with Crippen molar-refractivity contribution >= 4 is 5.91 Å². The maximum atomic E-state index is 12.7. The van der Waals surface area contributed by atoms with Gasteiger partial charge in [0.25, 0.3) is 5.91 Å². The molecular formula is C24H33NO2. The summed E-state index contributed by atoms with van der Waals surface area (Å²) in [6, 6.07) is 14.3. The number of aryl methyl sites for hydroxylation is 2. The molecule has 0 aliphatic carbocycles. The quantitative estimate of drug-likeness (QED) is 0.718. The molecule has 2 aromatic carbocycles. The van der Waals surface area contributed by atoms with E-state index in [0.717, 1.165) is 11.3 Å². The van der Waals surface area contributed by atoms with E-state index < -0.39 is 6.10 Å². The largest absolute Gasteiger partial charge is 0.481 e. The summed E-state index contributed by atoms with van der Waals surface area (Å²) in [5, 5.41) is 3.10. The average molecular weight is 368 g/mol. The van der Waals surface area contributed by atoms with Crippen LogP contribution >= 0.6 is 0 Å². The maximum absolute atomic E-state index is 12.7. The Hall–Kier alpha value is -2.29. The number of amides is 1. The Morgan fingerprint density at radius 2 is 1.70 bits per heavy atom. The number of hydrogen-bond donors (Lipinski definition) is 1. The molecule has 1 amide bonds. The molecule has 1 N–H and O–H groups in total. The third-order valence-corrected chi connectivity index (χ3v) is 4.91. The van der Waals surface area contributed by atoms with Crippen LogP contribution in [-0.2, 0) is 10.2 Å². The van der Waals surface area contributed by atoms with Crippen molar-refractivity contribution in [2.75, 3.05) is 0 Å². The molecule has 3 nitrogen and oxygen atoms in total. The lowest BCUT2D eigenvalue weighted by Crippen LogP contribution is -2.39. The van der Waals surface area contributed by atoms with Crippen LogP contribution in [0.1, 0.15) is 69.3 Å². The van der Waals surface area contributed by atoms with Crippen LogP contribution in [0.5, 0.6) is 5.75 Å². The second-order valence-corrected chi connectivity index (χ2v) is 8.38. The molecule has 0 aliphatic heterocycles. The van der Waals surface area contributed by atoms with Gasteiger partial charge in [0.1, 0.15) is 5.75 Å². The molecule has 2 unspecified atom stereocenters. The van der Waals surface area contributed by atoms with Gasteiger partial charge in [-0.25, -0.2) is 0 Å². The zero-order chi connectivity index (χ0) is 20.2. The van der Waals surface area contributed by atoms with Gasteiger partial charge in [0.2, 0.25) is 0 Å². The molecule has 3 heteroatoms. The van der Waals surface area contributed by atoms with Crippen molar-refractivity contribution in [3.63, 3.8) is 0 Å². The molecule has 27 heavy (non-hydrogen) atoms. The van der Waals surface area contributed by atoms with Crippen LogP contribution in [0.15, 0.2) is 42.5 Å². The number of hydrogen-bond acceptors (Lipinski definition) is 2. The Bertz CT molecular complexity index is 772. The molecule has 2 atom stereocenters. The van der Waals surface area contributed by atoms with Crippen molar-refractivity contribution < 1.29 is 9.53 Å². The summed E-state index contributed by atoms with van der Waals surface area (Å²) in [5.74, 6) is 0.647. The van der Waals surface area contributed by atoms with Crippen LogP contribution in [0.25, 0.3) is 0 Å². The topological polar surface area (TPSA) is 38.3 Å². The predicted molar refractivity (Wildman–Crippen MR) is 112 cm³/mol. The summed E-state index contributed by atoms with van der Waals surface area (Å²) in [6.07, 6.45) is 0.116. The summed E-state index contributed by atoms with van der Waals surface area (Å²) >= 11 is 0. The van der Waals surface area contributed by atoms with E-state index in [9.17, 15) is 4.79 Å². The van der Waals surface area contributed by atoms with Gasteiger partial charge >= 0.3 is 0 Å². The lowest BCUT2D eigenvalue weighted by Gasteiger charge is -2.23. The number of carbonyl (C=O) groups is 1. The summed E-state index contributed by atoms with van der Waals surface area (Å²) < 4.78 is 5.97. The number of carbonyl (C=O) groups excluding carboxylic acids is 1. The van der Waals surface area contributed by atoms with Crippen LogP contribution in [0, 0.1) is 13.8 Å². The average Bonchev–Trinajstić information content (AvgIpc) is 2.59. The highest BCUT2D eigenvalue weighted by Crippen LogP contribution is 2.25. The molecule has 0 aromatic heterocycles. The standard InChI is InChI=1S/C24H33NO2/c1-8-22(27-20-12-10-19(11-13-20)24(5,6)7)23(26)25-18(4)21-14-9-16(2)15-17(21)3/h9-15,18,22H,8H2,1-7H3,(H,25,26). The van der Waals surface area contributed by atoms with Crippen molar-refractivity contribution in [2.45, 2.75) is 72.4 Å². The molecule has 2 aromatic rings. The van der Waals surface area contributed by atoms with Crippen LogP contribution in [0.4, 0.5) is 0 Å². The normalized spacial score (nSPS) is 13.7. The first-order valence-corrected chi connectivity index (χ1v) is 9.76. The Morgan fingerprint density at radius 3 is 2.22 bits per heavy atom. The Balaban J connectivity index is 2.05. The Labute approximate surface area is 164 Å². The minimum absolute atomic E-state index is 0.0565. The number of rotatable bonds is 6. The lowest BCUT2D eigenvalue weighted by molar-refractivity contribution is -0.128. The molecule has 0 saturated heterocycles. The second-order valence-electron chi connectivity index (χ2n) is 8.38. The van der Waals surface area contributed by atoms with E-state index in [-0.39, 0.29) is 17.4 Å². The van der Waals surface area contributed by atoms with Crippen LogP contribution in [0.3, 0.4) is 0 Å². The minimum atomic E-state index is -0.501. The van der Waals surface area contributed by atoms with E-state index in [1.807, 2.05) is 26.0 Å². The van der Waals surface area contributed by atoms with Gasteiger partial charge in [0.15, 0.2) is 6.10 Å². The van der Waals surface area contributed by atoms with E-state index in [1.165, 1.54) is 16.7 Å². The highest BCUT2D eigenvalue weighted by Gasteiger charge is 2.22. The number of nitrogens with one attached hydrogen (secondary N) is 1. The maximum Gasteiger partial charge on any atom is 0.261 e.